The number of fused-ring (bicyclic) bond motifs is 3. The second-order valence-corrected chi connectivity index (χ2v) is 7.30. The van der Waals surface area contributed by atoms with Crippen molar-refractivity contribution < 1.29 is 17.7 Å². The number of rotatable bonds is 2. The molecule has 2 aliphatic carbocycles. The summed E-state index contributed by atoms with van der Waals surface area (Å²) in [6.45, 7) is 0. The Morgan fingerprint density at radius 2 is 1.81 bits per heavy atom. The highest BCUT2D eigenvalue weighted by Gasteiger charge is 2.24. The van der Waals surface area contributed by atoms with Crippen LogP contribution in [-0.2, 0) is 12.8 Å². The molecule has 21 heavy (non-hydrogen) atoms. The predicted octanol–water partition coefficient (Wildman–Crippen LogP) is 0.102. The van der Waals surface area contributed by atoms with E-state index in [9.17, 15) is 0 Å². The summed E-state index contributed by atoms with van der Waals surface area (Å²) in [4.78, 5) is 11.9. The largest absolute Gasteiger partial charge is 1.00 e. The van der Waals surface area contributed by atoms with Gasteiger partial charge < -0.3 is 12.4 Å². The Labute approximate surface area is 136 Å². The number of aryl methyl sites for hydroxylation is 2. The summed E-state index contributed by atoms with van der Waals surface area (Å²) in [5.74, 6) is 1.22. The number of hydrogen-bond donors (Lipinski definition) is 1. The zero-order valence-electron chi connectivity index (χ0n) is 12.3. The molecule has 0 bridgehead atoms. The van der Waals surface area contributed by atoms with Gasteiger partial charge in [-0.1, -0.05) is 6.42 Å². The minimum Gasteiger partial charge on any atom is -1.00 e. The first-order valence-corrected chi connectivity index (χ1v) is 8.83. The molecule has 0 saturated heterocycles. The van der Waals surface area contributed by atoms with Crippen LogP contribution in [0.2, 0.25) is 0 Å². The van der Waals surface area contributed by atoms with Gasteiger partial charge in [0.05, 0.1) is 11.4 Å². The first-order valence-electron chi connectivity index (χ1n) is 8.02. The van der Waals surface area contributed by atoms with Gasteiger partial charge in [-0.15, -0.1) is 11.3 Å². The monoisotopic (exact) mass is 323 g/mol. The number of nitrogens with zero attached hydrogens (tertiary/aromatic N) is 2. The maximum absolute atomic E-state index is 4.62. The topological polar surface area (TPSA) is 42.4 Å². The van der Waals surface area contributed by atoms with Gasteiger partial charge in [-0.3, -0.25) is 5.32 Å². The van der Waals surface area contributed by atoms with Crippen LogP contribution in [0.1, 0.15) is 55.4 Å². The third-order valence-electron chi connectivity index (χ3n) is 4.82. The second kappa shape index (κ2) is 6.59. The van der Waals surface area contributed by atoms with Crippen LogP contribution < -0.4 is 17.7 Å². The number of thiophene rings is 1. The molecular weight excluding hydrogens is 302 g/mol. The van der Waals surface area contributed by atoms with Crippen molar-refractivity contribution in [1.29, 1.82) is 0 Å². The quantitative estimate of drug-likeness (QED) is 0.852. The molecule has 3 nitrogen and oxygen atoms in total. The van der Waals surface area contributed by atoms with Crippen LogP contribution in [0.15, 0.2) is 6.33 Å². The summed E-state index contributed by atoms with van der Waals surface area (Å²) in [5.41, 5.74) is 1.57. The van der Waals surface area contributed by atoms with Gasteiger partial charge in [0, 0.05) is 4.88 Å². The summed E-state index contributed by atoms with van der Waals surface area (Å²) in [6, 6.07) is 0.737. The van der Waals surface area contributed by atoms with Crippen LogP contribution in [-0.4, -0.2) is 16.0 Å². The molecule has 2 aromatic rings. The fraction of sp³-hybridized carbons (Fsp3) is 0.625. The highest BCUT2D eigenvalue weighted by atomic mass is 35.5. The van der Waals surface area contributed by atoms with E-state index in [-0.39, 0.29) is 12.4 Å². The lowest BCUT2D eigenvalue weighted by Crippen LogP contribution is -3.00. The Bertz CT molecular complexity index is 619. The van der Waals surface area contributed by atoms with E-state index in [1.807, 2.05) is 11.3 Å². The Kier molecular flexibility index (Phi) is 4.77. The number of quaternary nitrogens is 1. The first-order chi connectivity index (χ1) is 9.92. The third kappa shape index (κ3) is 2.94. The summed E-state index contributed by atoms with van der Waals surface area (Å²) < 4.78 is 0. The molecule has 0 spiro atoms. The molecule has 2 aliphatic rings. The van der Waals surface area contributed by atoms with Crippen molar-refractivity contribution in [2.75, 3.05) is 0 Å². The molecule has 0 unspecified atom stereocenters. The molecule has 4 rings (SSSR count). The Morgan fingerprint density at radius 3 is 2.67 bits per heavy atom. The lowest BCUT2D eigenvalue weighted by atomic mass is 9.94. The van der Waals surface area contributed by atoms with Crippen LogP contribution >= 0.6 is 11.3 Å². The predicted molar refractivity (Wildman–Crippen MR) is 82.5 cm³/mol. The number of nitrogens with two attached hydrogens (primary N) is 1. The van der Waals surface area contributed by atoms with E-state index in [0.717, 1.165) is 6.04 Å². The molecule has 0 atom stereocenters. The molecule has 1 saturated carbocycles. The van der Waals surface area contributed by atoms with Crippen molar-refractivity contribution in [3.63, 3.8) is 0 Å². The van der Waals surface area contributed by atoms with Crippen molar-refractivity contribution in [3.05, 3.63) is 16.8 Å². The molecule has 0 radical (unpaired) electrons. The molecule has 114 valence electrons. The molecule has 2 heterocycles. The zero-order chi connectivity index (χ0) is 13.4. The fourth-order valence-corrected chi connectivity index (χ4v) is 5.00. The van der Waals surface area contributed by atoms with Crippen molar-refractivity contribution in [3.8, 4) is 0 Å². The highest BCUT2D eigenvalue weighted by Crippen LogP contribution is 2.37. The van der Waals surface area contributed by atoms with Gasteiger partial charge in [0.1, 0.15) is 11.2 Å². The average molecular weight is 324 g/mol. The molecule has 1 fully saturated rings. The molecule has 0 aliphatic heterocycles. The number of halogens is 1. The van der Waals surface area contributed by atoms with E-state index in [1.165, 1.54) is 73.8 Å². The van der Waals surface area contributed by atoms with Gasteiger partial charge in [0.2, 0.25) is 5.82 Å². The van der Waals surface area contributed by atoms with Crippen molar-refractivity contribution in [2.24, 2.45) is 0 Å². The highest BCUT2D eigenvalue weighted by molar-refractivity contribution is 7.18. The lowest BCUT2D eigenvalue weighted by molar-refractivity contribution is -0.616. The molecule has 2 N–H and O–H groups in total. The Morgan fingerprint density at radius 1 is 1.00 bits per heavy atom. The van der Waals surface area contributed by atoms with Crippen molar-refractivity contribution in [2.45, 2.75) is 63.8 Å². The van der Waals surface area contributed by atoms with Crippen molar-refractivity contribution in [1.82, 2.24) is 9.97 Å². The van der Waals surface area contributed by atoms with E-state index in [1.54, 1.807) is 16.8 Å². The Balaban J connectivity index is 0.00000132. The molecule has 2 aromatic heterocycles. The smallest absolute Gasteiger partial charge is 0.236 e. The van der Waals surface area contributed by atoms with Crippen LogP contribution in [0.3, 0.4) is 0 Å². The maximum Gasteiger partial charge on any atom is 0.236 e. The average Bonchev–Trinajstić information content (AvgIpc) is 2.88. The lowest BCUT2D eigenvalue weighted by Gasteiger charge is -2.19. The minimum atomic E-state index is 0. The summed E-state index contributed by atoms with van der Waals surface area (Å²) in [6.07, 6.45) is 13.8. The minimum absolute atomic E-state index is 0. The van der Waals surface area contributed by atoms with Gasteiger partial charge in [-0.05, 0) is 56.9 Å². The van der Waals surface area contributed by atoms with Gasteiger partial charge in [0.25, 0.3) is 0 Å². The van der Waals surface area contributed by atoms with E-state index >= 15 is 0 Å². The fourth-order valence-electron chi connectivity index (χ4n) is 3.77. The van der Waals surface area contributed by atoms with Gasteiger partial charge in [-0.2, -0.15) is 4.98 Å². The van der Waals surface area contributed by atoms with Crippen LogP contribution in [0.5, 0.6) is 0 Å². The van der Waals surface area contributed by atoms with Gasteiger partial charge >= 0.3 is 0 Å². The molecule has 5 heteroatoms. The zero-order valence-corrected chi connectivity index (χ0v) is 13.8. The number of aromatic nitrogens is 2. The third-order valence-corrected chi connectivity index (χ3v) is 6.02. The van der Waals surface area contributed by atoms with E-state index < -0.39 is 0 Å². The SMILES string of the molecule is [Cl-].c1nc([NH2+]C2CCCCC2)c2c3c(sc2n1)CCCC3. The van der Waals surface area contributed by atoms with E-state index in [2.05, 4.69) is 15.3 Å². The summed E-state index contributed by atoms with van der Waals surface area (Å²) in [7, 11) is 0. The van der Waals surface area contributed by atoms with E-state index in [4.69, 9.17) is 0 Å². The normalized spacial score (nSPS) is 19.2. The van der Waals surface area contributed by atoms with Crippen LogP contribution in [0.25, 0.3) is 10.2 Å². The standard InChI is InChI=1S/C16H21N3S.ClH/c1-2-6-11(7-3-1)19-15-14-12-8-4-5-9-13(12)20-16(14)18-10-17-15;/h10-11H,1-9H2,(H,17,18,19);1H. The van der Waals surface area contributed by atoms with Crippen LogP contribution in [0, 0.1) is 0 Å². The van der Waals surface area contributed by atoms with Crippen LogP contribution in [0.4, 0.5) is 5.82 Å². The second-order valence-electron chi connectivity index (χ2n) is 6.21. The van der Waals surface area contributed by atoms with E-state index in [0.29, 0.717) is 0 Å². The first kappa shape index (κ1) is 15.2. The van der Waals surface area contributed by atoms with Gasteiger partial charge in [-0.25, -0.2) is 4.98 Å². The molecule has 0 aromatic carbocycles. The van der Waals surface area contributed by atoms with Gasteiger partial charge in [0.15, 0.2) is 0 Å². The number of hydrogen-bond acceptors (Lipinski definition) is 3. The maximum atomic E-state index is 4.62. The molecule has 0 amide bonds. The Hall–Kier alpha value is -0.710. The molecular formula is C16H22ClN3S. The van der Waals surface area contributed by atoms with Crippen molar-refractivity contribution >= 4 is 27.4 Å². The summed E-state index contributed by atoms with van der Waals surface area (Å²) in [5, 5.41) is 3.84. The summed E-state index contributed by atoms with van der Waals surface area (Å²) >= 11 is 1.90.